The van der Waals surface area contributed by atoms with Gasteiger partial charge in [-0.15, -0.1) is 0 Å². The fourth-order valence-electron chi connectivity index (χ4n) is 3.12. The van der Waals surface area contributed by atoms with E-state index in [2.05, 4.69) is 10.2 Å². The van der Waals surface area contributed by atoms with Gasteiger partial charge in [-0.3, -0.25) is 4.90 Å². The largest absolute Gasteiger partial charge is 0.494 e. The molecule has 1 N–H and O–H groups in total. The van der Waals surface area contributed by atoms with Crippen LogP contribution in [0.25, 0.3) is 0 Å². The first kappa shape index (κ1) is 16.4. The molecule has 0 spiro atoms. The van der Waals surface area contributed by atoms with Crippen molar-refractivity contribution in [3.63, 3.8) is 0 Å². The zero-order valence-electron chi connectivity index (χ0n) is 13.4. The molecule has 2 heterocycles. The molecule has 0 saturated carbocycles. The third-order valence-corrected chi connectivity index (χ3v) is 4.35. The molecule has 4 nitrogen and oxygen atoms in total. The summed E-state index contributed by atoms with van der Waals surface area (Å²) in [7, 11) is 0. The van der Waals surface area contributed by atoms with Crippen molar-refractivity contribution in [1.82, 2.24) is 10.2 Å². The van der Waals surface area contributed by atoms with Gasteiger partial charge in [-0.1, -0.05) is 11.6 Å². The Labute approximate surface area is 142 Å². The van der Waals surface area contributed by atoms with E-state index in [0.29, 0.717) is 11.6 Å². The van der Waals surface area contributed by atoms with Crippen molar-refractivity contribution in [1.29, 1.82) is 0 Å². The average Bonchev–Trinajstić information content (AvgIpc) is 2.93. The number of nitrogens with one attached hydrogen (secondary N) is 1. The number of benzene rings is 1. The number of halogens is 1. The van der Waals surface area contributed by atoms with Crippen molar-refractivity contribution >= 4 is 11.6 Å². The summed E-state index contributed by atoms with van der Waals surface area (Å²) in [6.07, 6.45) is 2.84. The highest BCUT2D eigenvalue weighted by molar-refractivity contribution is 6.30. The molecule has 2 aromatic rings. The lowest BCUT2D eigenvalue weighted by Crippen LogP contribution is -2.33. The van der Waals surface area contributed by atoms with Gasteiger partial charge in [0.15, 0.2) is 0 Å². The third kappa shape index (κ3) is 3.89. The van der Waals surface area contributed by atoms with Crippen LogP contribution in [0.2, 0.25) is 5.02 Å². The molecule has 0 radical (unpaired) electrons. The van der Waals surface area contributed by atoms with E-state index in [1.165, 1.54) is 0 Å². The molecule has 124 valence electrons. The van der Waals surface area contributed by atoms with E-state index in [9.17, 15) is 0 Å². The maximum atomic E-state index is 6.28. The second-order valence-corrected chi connectivity index (χ2v) is 6.11. The Kier molecular flexibility index (Phi) is 5.60. The Balaban J connectivity index is 2.02. The molecule has 0 aliphatic carbocycles. The summed E-state index contributed by atoms with van der Waals surface area (Å²) in [6, 6.07) is 9.80. The minimum Gasteiger partial charge on any atom is -0.494 e. The molecule has 23 heavy (non-hydrogen) atoms. The molecule has 1 atom stereocenters. The fourth-order valence-corrected chi connectivity index (χ4v) is 3.30. The Morgan fingerprint density at radius 2 is 2.22 bits per heavy atom. The van der Waals surface area contributed by atoms with Crippen molar-refractivity contribution in [3.05, 3.63) is 52.9 Å². The van der Waals surface area contributed by atoms with E-state index >= 15 is 0 Å². The van der Waals surface area contributed by atoms with Crippen molar-refractivity contribution in [2.24, 2.45) is 0 Å². The van der Waals surface area contributed by atoms with Crippen molar-refractivity contribution < 1.29 is 9.15 Å². The first-order valence-electron chi connectivity index (χ1n) is 8.20. The quantitative estimate of drug-likeness (QED) is 0.904. The van der Waals surface area contributed by atoms with Crippen LogP contribution >= 0.6 is 11.6 Å². The van der Waals surface area contributed by atoms with Gasteiger partial charge in [-0.25, -0.2) is 0 Å². The Morgan fingerprint density at radius 3 is 3.00 bits per heavy atom. The minimum atomic E-state index is 0.0187. The van der Waals surface area contributed by atoms with Gasteiger partial charge in [0.05, 0.1) is 18.9 Å². The summed E-state index contributed by atoms with van der Waals surface area (Å²) in [5.74, 6) is 1.80. The van der Waals surface area contributed by atoms with Gasteiger partial charge in [0.25, 0.3) is 0 Å². The monoisotopic (exact) mass is 334 g/mol. The number of rotatable bonds is 5. The molecule has 1 aliphatic heterocycles. The molecular formula is C18H23ClN2O2. The molecule has 3 rings (SSSR count). The zero-order valence-corrected chi connectivity index (χ0v) is 14.2. The van der Waals surface area contributed by atoms with Gasteiger partial charge in [-0.2, -0.15) is 0 Å². The summed E-state index contributed by atoms with van der Waals surface area (Å²) in [4.78, 5) is 2.44. The van der Waals surface area contributed by atoms with E-state index < -0.39 is 0 Å². The Bertz CT molecular complexity index is 607. The van der Waals surface area contributed by atoms with Crippen LogP contribution in [0.5, 0.6) is 5.75 Å². The normalized spacial score (nSPS) is 17.7. The molecule has 5 heteroatoms. The minimum absolute atomic E-state index is 0.0187. The van der Waals surface area contributed by atoms with Crippen LogP contribution < -0.4 is 10.1 Å². The Hall–Kier alpha value is -1.49. The van der Waals surface area contributed by atoms with Gasteiger partial charge in [-0.05, 0) is 50.2 Å². The van der Waals surface area contributed by atoms with E-state index in [1.54, 1.807) is 6.26 Å². The highest BCUT2D eigenvalue weighted by atomic mass is 35.5. The summed E-state index contributed by atoms with van der Waals surface area (Å²) in [5.41, 5.74) is 1.07. The van der Waals surface area contributed by atoms with E-state index in [-0.39, 0.29) is 6.04 Å². The number of hydrogen-bond acceptors (Lipinski definition) is 4. The van der Waals surface area contributed by atoms with E-state index in [0.717, 1.165) is 49.7 Å². The number of hydrogen-bond donors (Lipinski definition) is 1. The van der Waals surface area contributed by atoms with Crippen molar-refractivity contribution in [3.8, 4) is 5.75 Å². The van der Waals surface area contributed by atoms with Crippen LogP contribution in [-0.4, -0.2) is 37.7 Å². The average molecular weight is 335 g/mol. The zero-order chi connectivity index (χ0) is 16.1. The van der Waals surface area contributed by atoms with Crippen LogP contribution in [-0.2, 0) is 0 Å². The van der Waals surface area contributed by atoms with Crippen LogP contribution in [0.15, 0.2) is 41.0 Å². The predicted octanol–water partition coefficient (Wildman–Crippen LogP) is 3.72. The van der Waals surface area contributed by atoms with Gasteiger partial charge in [0.1, 0.15) is 11.5 Å². The lowest BCUT2D eigenvalue weighted by molar-refractivity contribution is 0.210. The molecule has 1 aliphatic rings. The predicted molar refractivity (Wildman–Crippen MR) is 92.2 cm³/mol. The SMILES string of the molecule is CCOc1ccc(Cl)cc1C(c1ccco1)N1CCCNCC1. The molecule has 1 saturated heterocycles. The molecule has 1 aromatic carbocycles. The molecule has 1 unspecified atom stereocenters. The van der Waals surface area contributed by atoms with E-state index in [1.807, 2.05) is 37.3 Å². The highest BCUT2D eigenvalue weighted by Gasteiger charge is 2.28. The standard InChI is InChI=1S/C18H23ClN2O2/c1-2-22-16-7-6-14(19)13-15(16)18(17-5-3-12-23-17)21-10-4-8-20-9-11-21/h3,5-7,12-13,18,20H,2,4,8-11H2,1H3. The maximum Gasteiger partial charge on any atom is 0.125 e. The summed E-state index contributed by atoms with van der Waals surface area (Å²) < 4.78 is 11.6. The molecule has 1 aromatic heterocycles. The summed E-state index contributed by atoms with van der Waals surface area (Å²) >= 11 is 6.28. The third-order valence-electron chi connectivity index (χ3n) is 4.12. The lowest BCUT2D eigenvalue weighted by atomic mass is 10.0. The first-order chi connectivity index (χ1) is 11.3. The van der Waals surface area contributed by atoms with Crippen molar-refractivity contribution in [2.75, 3.05) is 32.8 Å². The van der Waals surface area contributed by atoms with Crippen molar-refractivity contribution in [2.45, 2.75) is 19.4 Å². The van der Waals surface area contributed by atoms with Crippen LogP contribution in [0.3, 0.4) is 0 Å². The van der Waals surface area contributed by atoms with Gasteiger partial charge < -0.3 is 14.5 Å². The van der Waals surface area contributed by atoms with Crippen LogP contribution in [0, 0.1) is 0 Å². The number of furan rings is 1. The second-order valence-electron chi connectivity index (χ2n) is 5.67. The van der Waals surface area contributed by atoms with Crippen LogP contribution in [0.4, 0.5) is 0 Å². The number of nitrogens with zero attached hydrogens (tertiary/aromatic N) is 1. The van der Waals surface area contributed by atoms with Gasteiger partial charge in [0, 0.05) is 30.2 Å². The molecular weight excluding hydrogens is 312 g/mol. The molecule has 0 amide bonds. The lowest BCUT2D eigenvalue weighted by Gasteiger charge is -2.30. The topological polar surface area (TPSA) is 37.6 Å². The van der Waals surface area contributed by atoms with Crippen LogP contribution in [0.1, 0.15) is 30.7 Å². The maximum absolute atomic E-state index is 6.28. The fraction of sp³-hybridized carbons (Fsp3) is 0.444. The second kappa shape index (κ2) is 7.86. The summed E-state index contributed by atoms with van der Waals surface area (Å²) in [6.45, 7) is 6.62. The number of ether oxygens (including phenoxy) is 1. The summed E-state index contributed by atoms with van der Waals surface area (Å²) in [5, 5.41) is 4.17. The van der Waals surface area contributed by atoms with Gasteiger partial charge in [0.2, 0.25) is 0 Å². The first-order valence-corrected chi connectivity index (χ1v) is 8.58. The van der Waals surface area contributed by atoms with E-state index in [4.69, 9.17) is 20.8 Å². The highest BCUT2D eigenvalue weighted by Crippen LogP contribution is 2.37. The van der Waals surface area contributed by atoms with Gasteiger partial charge >= 0.3 is 0 Å². The Morgan fingerprint density at radius 1 is 1.30 bits per heavy atom. The molecule has 0 bridgehead atoms. The molecule has 1 fully saturated rings. The smallest absolute Gasteiger partial charge is 0.125 e.